The molecule has 41 heavy (non-hydrogen) atoms. The van der Waals surface area contributed by atoms with E-state index in [4.69, 9.17) is 20.2 Å². The van der Waals surface area contributed by atoms with Crippen LogP contribution in [0.15, 0.2) is 33.0 Å². The number of carboxylic acid groups (broad SMARTS) is 1. The second-order valence-electron chi connectivity index (χ2n) is 11.3. The molecule has 1 fully saturated rings. The third-order valence-corrected chi connectivity index (χ3v) is 9.48. The summed E-state index contributed by atoms with van der Waals surface area (Å²) in [5.41, 5.74) is 6.71. The highest BCUT2D eigenvalue weighted by atomic mass is 79.9. The van der Waals surface area contributed by atoms with E-state index in [0.717, 1.165) is 33.8 Å². The molecule has 14 heteroatoms. The maximum absolute atomic E-state index is 13.2. The Kier molecular flexibility index (Phi) is 8.24. The van der Waals surface area contributed by atoms with E-state index in [2.05, 4.69) is 30.5 Å². The summed E-state index contributed by atoms with van der Waals surface area (Å²) < 4.78 is 14.0. The molecule has 0 spiro atoms. The fourth-order valence-electron chi connectivity index (χ4n) is 5.45. The number of fused-ring (bicyclic) bond motifs is 2. The van der Waals surface area contributed by atoms with Crippen molar-refractivity contribution in [2.75, 3.05) is 25.6 Å². The Balaban J connectivity index is 1.27. The van der Waals surface area contributed by atoms with Crippen LogP contribution in [0.25, 0.3) is 11.2 Å². The number of amides is 2. The van der Waals surface area contributed by atoms with Gasteiger partial charge >= 0.3 is 6.09 Å². The number of likely N-dealkylation sites (tertiary alicyclic amines) is 1. The predicted molar refractivity (Wildman–Crippen MR) is 157 cm³/mol. The van der Waals surface area contributed by atoms with Gasteiger partial charge in [0.05, 0.1) is 0 Å². The molecule has 3 N–H and O–H groups in total. The number of imidazole rings is 1. The molecule has 0 radical (unpaired) electrons. The van der Waals surface area contributed by atoms with E-state index in [0.29, 0.717) is 54.0 Å². The minimum Gasteiger partial charge on any atom is -0.465 e. The number of aryl methyl sites for hydroxylation is 1. The van der Waals surface area contributed by atoms with Crippen LogP contribution < -0.4 is 15.2 Å². The summed E-state index contributed by atoms with van der Waals surface area (Å²) in [6.45, 7) is 9.12. The van der Waals surface area contributed by atoms with Crippen molar-refractivity contribution in [3.63, 3.8) is 0 Å². The van der Waals surface area contributed by atoms with Crippen molar-refractivity contribution in [1.82, 2.24) is 29.3 Å². The van der Waals surface area contributed by atoms with Crippen LogP contribution in [-0.2, 0) is 11.3 Å². The Bertz CT molecular complexity index is 1470. The maximum atomic E-state index is 13.2. The summed E-state index contributed by atoms with van der Waals surface area (Å²) in [7, 11) is 0. The summed E-state index contributed by atoms with van der Waals surface area (Å²) in [5.74, 6) is 1.94. The van der Waals surface area contributed by atoms with E-state index in [1.54, 1.807) is 32.6 Å². The van der Waals surface area contributed by atoms with Crippen molar-refractivity contribution in [1.29, 1.82) is 0 Å². The smallest absolute Gasteiger partial charge is 0.408 e. The summed E-state index contributed by atoms with van der Waals surface area (Å²) in [6, 6.07) is 3.06. The van der Waals surface area contributed by atoms with Gasteiger partial charge in [0.25, 0.3) is 0 Å². The van der Waals surface area contributed by atoms with Gasteiger partial charge in [0, 0.05) is 34.5 Å². The monoisotopic (exact) mass is 647 g/mol. The molecule has 2 amide bonds. The number of carbonyl (C=O) groups excluding carboxylic acids is 1. The largest absolute Gasteiger partial charge is 0.465 e. The number of nitrogens with zero attached hydrogens (tertiary/aromatic N) is 6. The highest BCUT2D eigenvalue weighted by Crippen LogP contribution is 2.43. The molecule has 4 heterocycles. The molecule has 0 aliphatic carbocycles. The molecule has 0 unspecified atom stereocenters. The van der Waals surface area contributed by atoms with Crippen molar-refractivity contribution in [3.8, 4) is 11.5 Å². The number of rotatable bonds is 7. The summed E-state index contributed by atoms with van der Waals surface area (Å²) in [6.07, 6.45) is 2.89. The average molecular weight is 649 g/mol. The molecular formula is C27H34BrN7O5S. The van der Waals surface area contributed by atoms with E-state index in [-0.39, 0.29) is 12.7 Å². The van der Waals surface area contributed by atoms with Crippen LogP contribution >= 0.6 is 27.7 Å². The van der Waals surface area contributed by atoms with Gasteiger partial charge in [-0.3, -0.25) is 9.69 Å². The fraction of sp³-hybridized carbons (Fsp3) is 0.519. The lowest BCUT2D eigenvalue weighted by Gasteiger charge is -2.40. The Hall–Kier alpha value is -3.26. The molecule has 2 aliphatic rings. The molecule has 1 atom stereocenters. The van der Waals surface area contributed by atoms with E-state index in [1.807, 2.05) is 12.1 Å². The van der Waals surface area contributed by atoms with Crippen molar-refractivity contribution in [2.45, 2.75) is 75.1 Å². The molecule has 0 bridgehead atoms. The predicted octanol–water partition coefficient (Wildman–Crippen LogP) is 4.85. The van der Waals surface area contributed by atoms with Gasteiger partial charge in [-0.25, -0.2) is 19.7 Å². The van der Waals surface area contributed by atoms with Crippen molar-refractivity contribution < 1.29 is 24.2 Å². The van der Waals surface area contributed by atoms with Crippen LogP contribution in [0.3, 0.4) is 0 Å². The lowest BCUT2D eigenvalue weighted by molar-refractivity contribution is -0.139. The Morgan fingerprint density at radius 1 is 1.22 bits per heavy atom. The van der Waals surface area contributed by atoms with E-state index >= 15 is 0 Å². The number of hydrogen-bond acceptors (Lipinski definition) is 9. The topological polar surface area (TPSA) is 149 Å². The zero-order chi connectivity index (χ0) is 29.5. The van der Waals surface area contributed by atoms with Crippen LogP contribution in [0.1, 0.15) is 47.0 Å². The van der Waals surface area contributed by atoms with Gasteiger partial charge in [0.1, 0.15) is 12.4 Å². The van der Waals surface area contributed by atoms with Gasteiger partial charge in [0.2, 0.25) is 12.7 Å². The molecule has 2 aliphatic heterocycles. The summed E-state index contributed by atoms with van der Waals surface area (Å²) in [5, 5.41) is 10.4. The summed E-state index contributed by atoms with van der Waals surface area (Å²) in [4.78, 5) is 42.4. The lowest BCUT2D eigenvalue weighted by atomic mass is 9.93. The fourth-order valence-corrected chi connectivity index (χ4v) is 6.96. The molecule has 2 aromatic heterocycles. The van der Waals surface area contributed by atoms with Gasteiger partial charge < -0.3 is 29.8 Å². The van der Waals surface area contributed by atoms with Crippen molar-refractivity contribution in [2.24, 2.45) is 5.92 Å². The van der Waals surface area contributed by atoms with Crippen molar-refractivity contribution in [3.05, 3.63) is 22.9 Å². The maximum Gasteiger partial charge on any atom is 0.408 e. The third-order valence-electron chi connectivity index (χ3n) is 7.51. The van der Waals surface area contributed by atoms with Crippen LogP contribution in [-0.4, -0.2) is 77.9 Å². The van der Waals surface area contributed by atoms with Gasteiger partial charge in [-0.15, -0.1) is 0 Å². The number of benzene rings is 1. The Morgan fingerprint density at radius 2 is 1.90 bits per heavy atom. The van der Waals surface area contributed by atoms with Crippen LogP contribution in [0.5, 0.6) is 11.5 Å². The summed E-state index contributed by atoms with van der Waals surface area (Å²) >= 11 is 5.12. The van der Waals surface area contributed by atoms with Crippen LogP contribution in [0.2, 0.25) is 0 Å². The van der Waals surface area contributed by atoms with Crippen LogP contribution in [0, 0.1) is 5.92 Å². The Morgan fingerprint density at radius 3 is 2.56 bits per heavy atom. The molecule has 1 saturated heterocycles. The molecule has 5 rings (SSSR count). The second kappa shape index (κ2) is 11.6. The number of anilines is 1. The molecule has 0 saturated carbocycles. The minimum absolute atomic E-state index is 0.151. The number of nitrogen functional groups attached to an aromatic ring is 1. The Labute approximate surface area is 250 Å². The highest BCUT2D eigenvalue weighted by Gasteiger charge is 2.37. The zero-order valence-corrected chi connectivity index (χ0v) is 25.9. The lowest BCUT2D eigenvalue weighted by Crippen LogP contribution is -2.57. The zero-order valence-electron chi connectivity index (χ0n) is 23.5. The number of halogens is 1. The first-order valence-electron chi connectivity index (χ1n) is 13.5. The quantitative estimate of drug-likeness (QED) is 0.364. The minimum atomic E-state index is -1.09. The number of ether oxygens (including phenoxy) is 2. The van der Waals surface area contributed by atoms with Crippen LogP contribution in [0.4, 0.5) is 10.6 Å². The first-order valence-corrected chi connectivity index (χ1v) is 15.1. The van der Waals surface area contributed by atoms with Gasteiger partial charge in [-0.05, 0) is 80.9 Å². The number of hydrogen-bond donors (Lipinski definition) is 2. The number of nitrogens with two attached hydrogens (primary N) is 1. The van der Waals surface area contributed by atoms with E-state index in [1.165, 1.54) is 23.0 Å². The third kappa shape index (κ3) is 6.03. The molecule has 12 nitrogen and oxygen atoms in total. The average Bonchev–Trinajstić information content (AvgIpc) is 3.51. The molecule has 3 aromatic rings. The first-order chi connectivity index (χ1) is 19.4. The molecule has 1 aromatic carbocycles. The van der Waals surface area contributed by atoms with E-state index in [9.17, 15) is 14.7 Å². The van der Waals surface area contributed by atoms with Gasteiger partial charge in [-0.2, -0.15) is 0 Å². The normalized spacial score (nSPS) is 16.3. The number of aromatic nitrogens is 4. The number of carbonyl (C=O) groups is 2. The van der Waals surface area contributed by atoms with Crippen molar-refractivity contribution >= 4 is 56.7 Å². The SMILES string of the molecule is C[C@H](C(=O)N1CCC(CCn2c(Sc3cc4c(cc3Br)OCO4)nc3c(N)ncnc32)CC1)N(C(=O)O)C(C)(C)C. The van der Waals surface area contributed by atoms with Gasteiger partial charge in [-0.1, -0.05) is 11.8 Å². The second-order valence-corrected chi connectivity index (χ2v) is 13.1. The first kappa shape index (κ1) is 29.2. The molecule has 220 valence electrons. The van der Waals surface area contributed by atoms with Gasteiger partial charge in [0.15, 0.2) is 33.6 Å². The molecular weight excluding hydrogens is 614 g/mol. The standard InChI is InChI=1S/C27H34BrN7O5S/c1-15(35(26(37)38)27(2,3)4)24(36)33-8-5-16(6-9-33)7-10-34-23-21(22(29)30-13-31-23)32-25(34)41-20-12-19-18(11-17(20)28)39-14-40-19/h11-13,15-16H,5-10,14H2,1-4H3,(H,37,38)(H2,29,30,31)/t15-/m1/s1. The highest BCUT2D eigenvalue weighted by molar-refractivity contribution is 9.10. The number of piperidine rings is 1. The van der Waals surface area contributed by atoms with E-state index < -0.39 is 17.7 Å².